The quantitative estimate of drug-likeness (QED) is 0.783. The number of hydrogen-bond donors (Lipinski definition) is 1. The monoisotopic (exact) mass is 295 g/mol. The van der Waals surface area contributed by atoms with Crippen molar-refractivity contribution in [2.75, 3.05) is 20.8 Å². The number of ether oxygens (including phenoxy) is 2. The number of nitrogens with one attached hydrogen (secondary N) is 1. The van der Waals surface area contributed by atoms with Crippen LogP contribution in [0.5, 0.6) is 11.5 Å². The summed E-state index contributed by atoms with van der Waals surface area (Å²) in [6.07, 6.45) is -3.69. The Balaban J connectivity index is 2.79. The Morgan fingerprint density at radius 3 is 2.35 bits per heavy atom. The molecule has 20 heavy (non-hydrogen) atoms. The van der Waals surface area contributed by atoms with E-state index in [0.29, 0.717) is 17.1 Å². The number of alkyl halides is 4. The highest BCUT2D eigenvalue weighted by atomic mass is 19.3. The van der Waals surface area contributed by atoms with Crippen LogP contribution < -0.4 is 14.8 Å². The predicted octanol–water partition coefficient (Wildman–Crippen LogP) is 3.25. The zero-order chi connectivity index (χ0) is 15.3. The molecular weight excluding hydrogens is 278 g/mol. The van der Waals surface area contributed by atoms with E-state index in [0.717, 1.165) is 0 Å². The van der Waals surface area contributed by atoms with Crippen LogP contribution in [0.1, 0.15) is 18.5 Å². The van der Waals surface area contributed by atoms with Gasteiger partial charge >= 0.3 is 12.3 Å². The first-order valence-corrected chi connectivity index (χ1v) is 5.93. The molecule has 0 amide bonds. The van der Waals surface area contributed by atoms with Gasteiger partial charge in [0, 0.05) is 17.7 Å². The van der Waals surface area contributed by atoms with Gasteiger partial charge in [0.25, 0.3) is 0 Å². The topological polar surface area (TPSA) is 30.5 Å². The van der Waals surface area contributed by atoms with Crippen molar-refractivity contribution in [1.82, 2.24) is 5.32 Å². The van der Waals surface area contributed by atoms with Crippen molar-refractivity contribution >= 4 is 0 Å². The Kier molecular flexibility index (Phi) is 5.62. The van der Waals surface area contributed by atoms with Gasteiger partial charge in [-0.15, -0.1) is 0 Å². The van der Waals surface area contributed by atoms with Crippen LogP contribution in [0, 0.1) is 0 Å². The SMILES string of the molecule is COc1ccc(C(C)NCC(F)(F)C(F)F)c(OC)c1. The van der Waals surface area contributed by atoms with Crippen molar-refractivity contribution in [3.05, 3.63) is 23.8 Å². The van der Waals surface area contributed by atoms with Crippen LogP contribution in [0.4, 0.5) is 17.6 Å². The third-order valence-corrected chi connectivity index (χ3v) is 2.87. The summed E-state index contributed by atoms with van der Waals surface area (Å²) in [6.45, 7) is 0.479. The van der Waals surface area contributed by atoms with Crippen molar-refractivity contribution in [2.45, 2.75) is 25.3 Å². The van der Waals surface area contributed by atoms with Crippen molar-refractivity contribution < 1.29 is 27.0 Å². The minimum absolute atomic E-state index is 0.435. The highest BCUT2D eigenvalue weighted by Gasteiger charge is 2.40. The molecule has 0 spiro atoms. The molecule has 0 saturated carbocycles. The third-order valence-electron chi connectivity index (χ3n) is 2.87. The molecular formula is C13H17F4NO2. The fourth-order valence-electron chi connectivity index (χ4n) is 1.65. The van der Waals surface area contributed by atoms with Gasteiger partial charge in [0.1, 0.15) is 11.5 Å². The minimum Gasteiger partial charge on any atom is -0.497 e. The van der Waals surface area contributed by atoms with Gasteiger partial charge in [0.05, 0.1) is 20.8 Å². The maximum atomic E-state index is 12.9. The highest BCUT2D eigenvalue weighted by Crippen LogP contribution is 2.30. The summed E-state index contributed by atoms with van der Waals surface area (Å²) < 4.78 is 60.0. The van der Waals surface area contributed by atoms with E-state index < -0.39 is 24.9 Å². The second-order valence-corrected chi connectivity index (χ2v) is 4.27. The second kappa shape index (κ2) is 6.78. The minimum atomic E-state index is -4.06. The fraction of sp³-hybridized carbons (Fsp3) is 0.538. The lowest BCUT2D eigenvalue weighted by molar-refractivity contribution is -0.126. The van der Waals surface area contributed by atoms with Crippen molar-refractivity contribution in [2.24, 2.45) is 0 Å². The summed E-state index contributed by atoms with van der Waals surface area (Å²) in [6, 6.07) is 4.30. The number of rotatable bonds is 7. The molecule has 7 heteroatoms. The second-order valence-electron chi connectivity index (χ2n) is 4.27. The maximum absolute atomic E-state index is 12.9. The number of halogens is 4. The van der Waals surface area contributed by atoms with Crippen LogP contribution in [-0.4, -0.2) is 33.1 Å². The van der Waals surface area contributed by atoms with Crippen molar-refractivity contribution in [3.63, 3.8) is 0 Å². The van der Waals surface area contributed by atoms with Crippen molar-refractivity contribution in [3.8, 4) is 11.5 Å². The first-order chi connectivity index (χ1) is 9.31. The maximum Gasteiger partial charge on any atom is 0.319 e. The molecule has 1 aromatic rings. The third kappa shape index (κ3) is 4.00. The summed E-state index contributed by atoms with van der Waals surface area (Å²) in [5.74, 6) is -3.08. The molecule has 1 atom stereocenters. The van der Waals surface area contributed by atoms with Gasteiger partial charge < -0.3 is 14.8 Å². The molecule has 0 aromatic heterocycles. The van der Waals surface area contributed by atoms with E-state index in [9.17, 15) is 17.6 Å². The van der Waals surface area contributed by atoms with Crippen LogP contribution in [0.25, 0.3) is 0 Å². The van der Waals surface area contributed by atoms with E-state index >= 15 is 0 Å². The van der Waals surface area contributed by atoms with Gasteiger partial charge in [-0.1, -0.05) is 6.07 Å². The normalized spacial score (nSPS) is 13.4. The number of hydrogen-bond acceptors (Lipinski definition) is 3. The molecule has 0 bridgehead atoms. The van der Waals surface area contributed by atoms with Crippen LogP contribution in [-0.2, 0) is 0 Å². The Hall–Kier alpha value is -1.50. The lowest BCUT2D eigenvalue weighted by Gasteiger charge is -2.21. The summed E-state index contributed by atoms with van der Waals surface area (Å²) >= 11 is 0. The van der Waals surface area contributed by atoms with Crippen LogP contribution in [0.3, 0.4) is 0 Å². The Labute approximate surface area is 114 Å². The molecule has 0 heterocycles. The molecule has 1 N–H and O–H groups in total. The van der Waals surface area contributed by atoms with E-state index in [1.54, 1.807) is 25.1 Å². The van der Waals surface area contributed by atoms with Crippen molar-refractivity contribution in [1.29, 1.82) is 0 Å². The summed E-state index contributed by atoms with van der Waals surface area (Å²) in [5.41, 5.74) is 0.582. The molecule has 1 unspecified atom stereocenters. The van der Waals surface area contributed by atoms with Gasteiger partial charge in [-0.2, -0.15) is 8.78 Å². The Morgan fingerprint density at radius 1 is 1.20 bits per heavy atom. The smallest absolute Gasteiger partial charge is 0.319 e. The van der Waals surface area contributed by atoms with E-state index in [2.05, 4.69) is 5.32 Å². The first kappa shape index (κ1) is 16.6. The van der Waals surface area contributed by atoms with E-state index in [-0.39, 0.29) is 0 Å². The standard InChI is InChI=1S/C13H17F4NO2/c1-8(18-7-13(16,17)12(14)15)10-5-4-9(19-2)6-11(10)20-3/h4-6,8,12,18H,7H2,1-3H3. The predicted molar refractivity (Wildman–Crippen MR) is 66.9 cm³/mol. The summed E-state index contributed by atoms with van der Waals surface area (Å²) in [4.78, 5) is 0. The van der Waals surface area contributed by atoms with Gasteiger partial charge in [0.2, 0.25) is 0 Å². The number of methoxy groups -OCH3 is 2. The van der Waals surface area contributed by atoms with Crippen LogP contribution in [0.15, 0.2) is 18.2 Å². The molecule has 0 fully saturated rings. The molecule has 1 rings (SSSR count). The molecule has 0 aliphatic heterocycles. The molecule has 0 saturated heterocycles. The lowest BCUT2D eigenvalue weighted by Crippen LogP contribution is -2.39. The Bertz CT molecular complexity index is 440. The van der Waals surface area contributed by atoms with Gasteiger partial charge in [0.15, 0.2) is 0 Å². The van der Waals surface area contributed by atoms with E-state index in [4.69, 9.17) is 9.47 Å². The molecule has 1 aromatic carbocycles. The van der Waals surface area contributed by atoms with Crippen LogP contribution >= 0.6 is 0 Å². The number of benzene rings is 1. The lowest BCUT2D eigenvalue weighted by atomic mass is 10.1. The highest BCUT2D eigenvalue weighted by molar-refractivity contribution is 5.42. The zero-order valence-corrected chi connectivity index (χ0v) is 11.4. The first-order valence-electron chi connectivity index (χ1n) is 5.93. The van der Waals surface area contributed by atoms with Gasteiger partial charge in [-0.05, 0) is 13.0 Å². The average molecular weight is 295 g/mol. The molecule has 3 nitrogen and oxygen atoms in total. The molecule has 0 aliphatic carbocycles. The van der Waals surface area contributed by atoms with Gasteiger partial charge in [-0.25, -0.2) is 8.78 Å². The molecule has 0 radical (unpaired) electrons. The zero-order valence-electron chi connectivity index (χ0n) is 11.4. The molecule has 114 valence electrons. The largest absolute Gasteiger partial charge is 0.497 e. The summed E-state index contributed by atoms with van der Waals surface area (Å²) in [7, 11) is 2.91. The average Bonchev–Trinajstić information content (AvgIpc) is 2.43. The molecule has 0 aliphatic rings. The summed E-state index contributed by atoms with van der Waals surface area (Å²) in [5, 5.41) is 2.38. The van der Waals surface area contributed by atoms with Gasteiger partial charge in [-0.3, -0.25) is 0 Å². The fourth-order valence-corrected chi connectivity index (χ4v) is 1.65. The van der Waals surface area contributed by atoms with E-state index in [1.165, 1.54) is 14.2 Å². The Morgan fingerprint density at radius 2 is 1.85 bits per heavy atom. The van der Waals surface area contributed by atoms with E-state index in [1.807, 2.05) is 0 Å². The van der Waals surface area contributed by atoms with Crippen LogP contribution in [0.2, 0.25) is 0 Å².